The van der Waals surface area contributed by atoms with E-state index < -0.39 is 36.0 Å². The number of carbonyl (C=O) groups excluding carboxylic acids is 1. The Hall–Kier alpha value is -4.32. The molecular formula is C32H34F4N4O4. The molecule has 2 heterocycles. The molecule has 8 nitrogen and oxygen atoms in total. The zero-order chi connectivity index (χ0) is 31.6. The van der Waals surface area contributed by atoms with Crippen LogP contribution in [0.2, 0.25) is 0 Å². The summed E-state index contributed by atoms with van der Waals surface area (Å²) in [5.41, 5.74) is -1.54. The monoisotopic (exact) mass is 614 g/mol. The Bertz CT molecular complexity index is 1530. The highest BCUT2D eigenvalue weighted by atomic mass is 19.4. The van der Waals surface area contributed by atoms with Gasteiger partial charge < -0.3 is 29.7 Å². The van der Waals surface area contributed by atoms with E-state index in [1.54, 1.807) is 25.1 Å². The van der Waals surface area contributed by atoms with Crippen LogP contribution in [-0.4, -0.2) is 62.0 Å². The van der Waals surface area contributed by atoms with Gasteiger partial charge >= 0.3 is 6.18 Å². The number of hydrogen-bond acceptors (Lipinski definition) is 7. The average molecular weight is 615 g/mol. The lowest BCUT2D eigenvalue weighted by atomic mass is 9.87. The van der Waals surface area contributed by atoms with E-state index in [9.17, 15) is 9.18 Å². The van der Waals surface area contributed by atoms with Crippen molar-refractivity contribution in [2.45, 2.75) is 43.5 Å². The Labute approximate surface area is 253 Å². The number of nitrogens with zero attached hydrogens (tertiary/aromatic N) is 2. The first-order chi connectivity index (χ1) is 21.0. The van der Waals surface area contributed by atoms with Gasteiger partial charge in [0.15, 0.2) is 17.2 Å². The summed E-state index contributed by atoms with van der Waals surface area (Å²) in [7, 11) is 3.03. The molecule has 1 saturated carbocycles. The lowest BCUT2D eigenvalue weighted by Gasteiger charge is -2.40. The third kappa shape index (κ3) is 5.90. The van der Waals surface area contributed by atoms with Crippen molar-refractivity contribution in [3.63, 3.8) is 0 Å². The minimum Gasteiger partial charge on any atom is -0.493 e. The molecule has 1 aliphatic carbocycles. The van der Waals surface area contributed by atoms with Crippen molar-refractivity contribution >= 4 is 5.91 Å². The maximum Gasteiger partial charge on any atom is 0.419 e. The van der Waals surface area contributed by atoms with Crippen LogP contribution in [-0.2, 0) is 5.54 Å². The summed E-state index contributed by atoms with van der Waals surface area (Å²) in [6, 6.07) is 11.6. The molecule has 1 aromatic heterocycles. The number of carbonyl (C=O) groups is 1. The van der Waals surface area contributed by atoms with E-state index in [4.69, 9.17) is 14.2 Å². The SMILES string of the molecule is C=CN(CNC)[C@@]1(C(F)(F)F)COc2c1cc(C(C)CNC(=O)c1ccc(OC3CC3)c(OC)c1)nc2-c1ccc(F)cc1. The number of fused-ring (bicyclic) bond motifs is 1. The van der Waals surface area contributed by atoms with E-state index in [-0.39, 0.29) is 36.3 Å². The predicted molar refractivity (Wildman–Crippen MR) is 156 cm³/mol. The van der Waals surface area contributed by atoms with Gasteiger partial charge in [0, 0.05) is 34.8 Å². The minimum atomic E-state index is -4.77. The molecule has 1 unspecified atom stereocenters. The number of aromatic nitrogens is 1. The number of pyridine rings is 1. The smallest absolute Gasteiger partial charge is 0.419 e. The van der Waals surface area contributed by atoms with Crippen molar-refractivity contribution in [3.05, 3.63) is 83.9 Å². The van der Waals surface area contributed by atoms with Crippen LogP contribution in [0.25, 0.3) is 11.3 Å². The van der Waals surface area contributed by atoms with Crippen molar-refractivity contribution < 1.29 is 36.6 Å². The van der Waals surface area contributed by atoms with E-state index in [0.29, 0.717) is 28.3 Å². The lowest BCUT2D eigenvalue weighted by Crippen LogP contribution is -2.57. The van der Waals surface area contributed by atoms with Crippen molar-refractivity contribution in [2.75, 3.05) is 34.0 Å². The van der Waals surface area contributed by atoms with Crippen LogP contribution in [0.5, 0.6) is 17.2 Å². The van der Waals surface area contributed by atoms with Crippen LogP contribution < -0.4 is 24.8 Å². The van der Waals surface area contributed by atoms with Gasteiger partial charge in [0.1, 0.15) is 18.1 Å². The van der Waals surface area contributed by atoms with E-state index >= 15 is 13.2 Å². The van der Waals surface area contributed by atoms with E-state index in [1.807, 2.05) is 0 Å². The summed E-state index contributed by atoms with van der Waals surface area (Å²) in [5.74, 6) is -0.476. The third-order valence-electron chi connectivity index (χ3n) is 7.81. The molecule has 12 heteroatoms. The van der Waals surface area contributed by atoms with Crippen LogP contribution >= 0.6 is 0 Å². The average Bonchev–Trinajstić information content (AvgIpc) is 3.74. The number of halogens is 4. The number of amides is 1. The first kappa shape index (κ1) is 31.1. The summed E-state index contributed by atoms with van der Waals surface area (Å²) < 4.78 is 75.8. The molecule has 44 heavy (non-hydrogen) atoms. The third-order valence-corrected chi connectivity index (χ3v) is 7.81. The molecule has 1 fully saturated rings. The minimum absolute atomic E-state index is 0.0440. The van der Waals surface area contributed by atoms with Gasteiger partial charge in [-0.1, -0.05) is 13.5 Å². The quantitative estimate of drug-likeness (QED) is 0.199. The number of rotatable bonds is 12. The molecular weight excluding hydrogens is 580 g/mol. The summed E-state index contributed by atoms with van der Waals surface area (Å²) in [4.78, 5) is 18.8. The zero-order valence-electron chi connectivity index (χ0n) is 24.6. The lowest BCUT2D eigenvalue weighted by molar-refractivity contribution is -0.232. The highest BCUT2D eigenvalue weighted by Crippen LogP contribution is 2.54. The Morgan fingerprint density at radius 1 is 1.20 bits per heavy atom. The maximum absolute atomic E-state index is 15.0. The first-order valence-corrected chi connectivity index (χ1v) is 14.2. The number of hydrogen-bond donors (Lipinski definition) is 2. The number of ether oxygens (including phenoxy) is 3. The molecule has 5 rings (SSSR count). The van der Waals surface area contributed by atoms with Crippen LogP contribution in [0.15, 0.2) is 61.3 Å². The second kappa shape index (κ2) is 12.4. The molecule has 0 radical (unpaired) electrons. The molecule has 234 valence electrons. The molecule has 0 saturated heterocycles. The summed E-state index contributed by atoms with van der Waals surface area (Å²) in [5, 5.41) is 5.61. The Balaban J connectivity index is 1.49. The normalized spacial score (nSPS) is 18.2. The summed E-state index contributed by atoms with van der Waals surface area (Å²) in [6.45, 7) is 4.55. The van der Waals surface area contributed by atoms with Gasteiger partial charge in [0.05, 0.1) is 19.9 Å². The predicted octanol–water partition coefficient (Wildman–Crippen LogP) is 5.74. The molecule has 2 atom stereocenters. The molecule has 0 spiro atoms. The number of alkyl halides is 3. The number of benzene rings is 2. The largest absolute Gasteiger partial charge is 0.493 e. The second-order valence-corrected chi connectivity index (χ2v) is 10.9. The van der Waals surface area contributed by atoms with Crippen molar-refractivity contribution in [1.29, 1.82) is 0 Å². The topological polar surface area (TPSA) is 85.0 Å². The fourth-order valence-corrected chi connectivity index (χ4v) is 5.20. The molecule has 2 aliphatic rings. The van der Waals surface area contributed by atoms with Crippen LogP contribution in [0.1, 0.15) is 47.3 Å². The molecule has 1 aliphatic heterocycles. The first-order valence-electron chi connectivity index (χ1n) is 14.2. The molecule has 3 aromatic rings. The van der Waals surface area contributed by atoms with Crippen LogP contribution in [0, 0.1) is 5.82 Å². The molecule has 1 amide bonds. The maximum atomic E-state index is 15.0. The van der Waals surface area contributed by atoms with Gasteiger partial charge in [-0.3, -0.25) is 4.79 Å². The highest BCUT2D eigenvalue weighted by Gasteiger charge is 2.64. The zero-order valence-corrected chi connectivity index (χ0v) is 24.6. The van der Waals surface area contributed by atoms with Crippen LogP contribution in [0.3, 0.4) is 0 Å². The highest BCUT2D eigenvalue weighted by molar-refractivity contribution is 5.95. The summed E-state index contributed by atoms with van der Waals surface area (Å²) in [6.07, 6.45) is -1.55. The molecule has 2 aromatic carbocycles. The van der Waals surface area contributed by atoms with E-state index in [1.165, 1.54) is 44.5 Å². The molecule has 0 bridgehead atoms. The standard InChI is InChI=1S/C32H34F4N4O4/c1-5-40(18-37-3)31(32(34,35)36)17-43-29-24(31)15-25(39-28(29)20-6-9-22(33)10-7-20)19(2)16-38-30(41)21-8-13-26(27(14-21)42-4)44-23-11-12-23/h5-10,13-15,19,23,37H,1,11-12,16-18H2,2-4H3,(H,38,41)/t19?,31-/m0/s1. The molecule has 2 N–H and O–H groups in total. The van der Waals surface area contributed by atoms with Gasteiger partial charge in [0.25, 0.3) is 5.91 Å². The van der Waals surface area contributed by atoms with E-state index in [2.05, 4.69) is 22.2 Å². The van der Waals surface area contributed by atoms with Crippen molar-refractivity contribution in [1.82, 2.24) is 20.5 Å². The number of methoxy groups -OCH3 is 1. The second-order valence-electron chi connectivity index (χ2n) is 10.9. The van der Waals surface area contributed by atoms with Gasteiger partial charge in [-0.25, -0.2) is 9.37 Å². The number of nitrogens with one attached hydrogen (secondary N) is 2. The summed E-state index contributed by atoms with van der Waals surface area (Å²) >= 11 is 0. The van der Waals surface area contributed by atoms with E-state index in [0.717, 1.165) is 23.9 Å². The van der Waals surface area contributed by atoms with Crippen LogP contribution in [0.4, 0.5) is 17.6 Å². The Morgan fingerprint density at radius 3 is 2.55 bits per heavy atom. The van der Waals surface area contributed by atoms with Gasteiger partial charge in [-0.15, -0.1) is 0 Å². The van der Waals surface area contributed by atoms with Crippen molar-refractivity contribution in [2.24, 2.45) is 0 Å². The van der Waals surface area contributed by atoms with Gasteiger partial charge in [0.2, 0.25) is 5.54 Å². The van der Waals surface area contributed by atoms with Gasteiger partial charge in [-0.05, 0) is 74.6 Å². The fourth-order valence-electron chi connectivity index (χ4n) is 5.20. The van der Waals surface area contributed by atoms with Crippen molar-refractivity contribution in [3.8, 4) is 28.5 Å². The Morgan fingerprint density at radius 2 is 1.93 bits per heavy atom. The van der Waals surface area contributed by atoms with Gasteiger partial charge in [-0.2, -0.15) is 13.2 Å². The fraction of sp³-hybridized carbons (Fsp3) is 0.375. The Kier molecular flexibility index (Phi) is 8.73.